The first-order chi connectivity index (χ1) is 6.93. The molecule has 0 heterocycles. The molecule has 0 aliphatic rings. The Balaban J connectivity index is -0.00000000545. The summed E-state index contributed by atoms with van der Waals surface area (Å²) in [5.74, 6) is 0. The maximum atomic E-state index is 8.52. The summed E-state index contributed by atoms with van der Waals surface area (Å²) in [5.41, 5.74) is 0. The van der Waals surface area contributed by atoms with Crippen LogP contribution in [0.25, 0.3) is 0 Å². The molecule has 0 aromatic carbocycles. The summed E-state index contributed by atoms with van der Waals surface area (Å²) in [6.07, 6.45) is 0. The third kappa shape index (κ3) is 975. The third-order valence-corrected chi connectivity index (χ3v) is 0. The van der Waals surface area contributed by atoms with Crippen molar-refractivity contribution in [3.63, 3.8) is 0 Å². The average Bonchev–Trinajstić information content (AvgIpc) is 1.76. The van der Waals surface area contributed by atoms with Crippen LogP contribution in [0.4, 0.5) is 0 Å². The van der Waals surface area contributed by atoms with Crippen LogP contribution in [0.2, 0.25) is 0 Å². The van der Waals surface area contributed by atoms with Gasteiger partial charge in [0.05, 0.1) is 0 Å². The van der Waals surface area contributed by atoms with Crippen LogP contribution in [0.15, 0.2) is 0 Å². The quantitative estimate of drug-likeness (QED) is 0.163. The first-order valence-electron chi connectivity index (χ1n) is 2.45. The van der Waals surface area contributed by atoms with E-state index < -0.39 is 36.7 Å². The first-order valence-corrected chi connectivity index (χ1v) is 7.35. The van der Waals surface area contributed by atoms with Gasteiger partial charge in [0, 0.05) is 36.7 Å². The van der Waals surface area contributed by atoms with Crippen LogP contribution in [0, 0.1) is 107 Å². The van der Waals surface area contributed by atoms with Gasteiger partial charge in [-0.3, -0.25) is 0 Å². The Kier molecular flexibility index (Phi) is 327. The van der Waals surface area contributed by atoms with E-state index in [0.717, 1.165) is 0 Å². The largest absolute Gasteiger partial charge is 3.00 e. The molecule has 0 fully saturated rings. The molecule has 0 unspecified atom stereocenters. The molecule has 0 N–H and O–H groups in total. The average molecular weight is 866 g/mol. The van der Waals surface area contributed by atoms with Crippen LogP contribution >= 0.6 is 0 Å². The van der Waals surface area contributed by atoms with Crippen molar-refractivity contribution >= 4 is 36.7 Å². The van der Waals surface area contributed by atoms with Gasteiger partial charge in [0.25, 0.3) is 0 Å². The van der Waals surface area contributed by atoms with E-state index in [9.17, 15) is 0 Å². The van der Waals surface area contributed by atoms with Gasteiger partial charge >= 0.3 is 195 Å². The van der Waals surface area contributed by atoms with Crippen LogP contribution < -0.4 is 146 Å². The number of rotatable bonds is 0. The first kappa shape index (κ1) is 97.0. The Morgan fingerprint density at radius 1 is 0.346 bits per heavy atom. The number of halogens is 4. The number of hydrogen-bond donors (Lipinski definition) is 0. The van der Waals surface area contributed by atoms with Crippen LogP contribution in [-0.4, -0.2) is 36.7 Å². The predicted octanol–water partition coefficient (Wildman–Crippen LogP) is -32.5. The SMILES string of the molecule is O=[Si]([O-])[O-].O=[Si]([O-])[O-].O=[Si]([O-])[O-].O=[Si]([O-])[O-].[F-].[F-].[F-].[F-].[La+3].[La+3].[La+3].[Na+].[Na+].[Na+]. The molecule has 0 aliphatic carbocycles. The van der Waals surface area contributed by atoms with Gasteiger partial charge in [-0.15, -0.1) is 0 Å². The molecule has 0 saturated heterocycles. The molecule has 0 spiro atoms. The van der Waals surface area contributed by atoms with Crippen molar-refractivity contribution in [2.24, 2.45) is 0 Å². The molecule has 0 radical (unpaired) electrons. The van der Waals surface area contributed by atoms with E-state index in [0.29, 0.717) is 0 Å². The molecule has 0 amide bonds. The van der Waals surface area contributed by atoms with E-state index >= 15 is 0 Å². The molecule has 0 saturated carbocycles. The van der Waals surface area contributed by atoms with E-state index in [1.807, 2.05) is 0 Å². The molecule has 0 aliphatic heterocycles. The van der Waals surface area contributed by atoms with E-state index in [4.69, 9.17) is 56.2 Å². The Hall–Kier alpha value is 4.77. The van der Waals surface area contributed by atoms with Crippen molar-refractivity contribution in [1.29, 1.82) is 0 Å². The molecule has 12 nitrogen and oxygen atoms in total. The normalized spacial score (nSPS) is 3.69. The van der Waals surface area contributed by atoms with Gasteiger partial charge in [-0.05, 0) is 0 Å². The van der Waals surface area contributed by atoms with E-state index in [2.05, 4.69) is 0 Å². The Bertz CT molecular complexity index is 194. The van der Waals surface area contributed by atoms with Gasteiger partial charge in [-0.25, -0.2) is 0 Å². The second kappa shape index (κ2) is 87.6. The molecule has 0 bridgehead atoms. The summed E-state index contributed by atoms with van der Waals surface area (Å²) < 4.78 is 34.1. The zero-order valence-corrected chi connectivity index (χ0v) is 34.0. The monoisotopic (exact) mass is 866 g/mol. The van der Waals surface area contributed by atoms with Gasteiger partial charge in [-0.1, -0.05) is 0 Å². The zero-order chi connectivity index (χ0) is 14.3. The summed E-state index contributed by atoms with van der Waals surface area (Å²) in [7, 11) is -14.5. The van der Waals surface area contributed by atoms with E-state index in [1.165, 1.54) is 0 Å². The predicted molar refractivity (Wildman–Crippen MR) is 25.8 cm³/mol. The fourth-order valence-electron chi connectivity index (χ4n) is 0. The summed E-state index contributed by atoms with van der Waals surface area (Å²) >= 11 is 0. The molecular weight excluding hydrogens is 866 g/mol. The topological polar surface area (TPSA) is 253 Å². The van der Waals surface area contributed by atoms with E-state index in [1.54, 1.807) is 0 Å². The van der Waals surface area contributed by atoms with Gasteiger partial charge in [-0.2, -0.15) is 0 Å². The standard InChI is InChI=1S/4FH.3La.3Na.4O3Si/c;;;;;;;;;;4*1-4(2)3/h4*1H;;;;;;;;;;/q;;;;3*+3;3*+1;4*-2/p-4. The molecule has 0 rings (SSSR count). The molecule has 26 heavy (non-hydrogen) atoms. The molecule has 0 atom stereocenters. The van der Waals surface area contributed by atoms with Gasteiger partial charge in [0.15, 0.2) is 0 Å². The Morgan fingerprint density at radius 2 is 0.346 bits per heavy atom. The van der Waals surface area contributed by atoms with Gasteiger partial charge < -0.3 is 75.0 Å². The summed E-state index contributed by atoms with van der Waals surface area (Å²) in [5, 5.41) is 0. The van der Waals surface area contributed by atoms with E-state index in [-0.39, 0.29) is 214 Å². The van der Waals surface area contributed by atoms with Crippen molar-refractivity contribution in [3.05, 3.63) is 0 Å². The fourth-order valence-corrected chi connectivity index (χ4v) is 0. The third-order valence-electron chi connectivity index (χ3n) is 0. The molecule has 26 heteroatoms. The van der Waals surface area contributed by atoms with Crippen molar-refractivity contribution in [1.82, 2.24) is 0 Å². The van der Waals surface area contributed by atoms with Crippen LogP contribution in [0.3, 0.4) is 0 Å². The maximum Gasteiger partial charge on any atom is 3.00 e. The minimum absolute atomic E-state index is 0. The molecule has 0 aromatic heterocycles. The van der Waals surface area contributed by atoms with Gasteiger partial charge in [0.2, 0.25) is 0 Å². The van der Waals surface area contributed by atoms with Crippen molar-refractivity contribution < 1.29 is 270 Å². The van der Waals surface area contributed by atoms with Crippen LogP contribution in [0.1, 0.15) is 0 Å². The summed E-state index contributed by atoms with van der Waals surface area (Å²) in [6.45, 7) is 0. The zero-order valence-electron chi connectivity index (χ0n) is 13.1. The van der Waals surface area contributed by atoms with Crippen LogP contribution in [0.5, 0.6) is 0 Å². The second-order valence-electron chi connectivity index (χ2n) is 1.00. The number of hydrogen-bond acceptors (Lipinski definition) is 12. The Labute approximate surface area is 300 Å². The smallest absolute Gasteiger partial charge is 1.00 e. The van der Waals surface area contributed by atoms with Crippen molar-refractivity contribution in [3.8, 4) is 0 Å². The summed E-state index contributed by atoms with van der Waals surface area (Å²) in [6, 6.07) is 0. The van der Waals surface area contributed by atoms with Crippen molar-refractivity contribution in [2.75, 3.05) is 0 Å². The van der Waals surface area contributed by atoms with Crippen LogP contribution in [-0.2, 0) is 17.8 Å². The molecule has 0 aromatic rings. The van der Waals surface area contributed by atoms with Crippen molar-refractivity contribution in [2.45, 2.75) is 0 Å². The minimum atomic E-state index is -3.63. The fraction of sp³-hybridized carbons (Fsp3) is 0. The Morgan fingerprint density at radius 3 is 0.346 bits per heavy atom. The van der Waals surface area contributed by atoms with Gasteiger partial charge in [0.1, 0.15) is 0 Å². The molecule has 128 valence electrons. The maximum absolute atomic E-state index is 8.52. The molecular formula is F4La3Na3O12Si4. The minimum Gasteiger partial charge on any atom is -1.00 e. The summed E-state index contributed by atoms with van der Waals surface area (Å²) in [4.78, 5) is 68.1. The second-order valence-corrected chi connectivity index (χ2v) is 3.00.